The highest BCUT2D eigenvalue weighted by atomic mass is 32.2. The lowest BCUT2D eigenvalue weighted by molar-refractivity contribution is 0.133. The second-order valence-corrected chi connectivity index (χ2v) is 6.22. The van der Waals surface area contributed by atoms with E-state index in [1.54, 1.807) is 0 Å². The second kappa shape index (κ2) is 10.7. The van der Waals surface area contributed by atoms with Gasteiger partial charge in [-0.2, -0.15) is 8.42 Å². The number of alkyl halides is 2. The fraction of sp³-hybridized carbons (Fsp3) is 1.00. The SMILES string of the molecule is O=S(=O)(O)CCCCCCCCCCCC(F)F. The maximum Gasteiger partial charge on any atom is 0.264 e. The molecule has 0 aliphatic heterocycles. The molecule has 0 aliphatic rings. The first-order valence-corrected chi connectivity index (χ1v) is 8.26. The molecule has 0 aliphatic carbocycles. The summed E-state index contributed by atoms with van der Waals surface area (Å²) in [4.78, 5) is 0. The molecule has 0 radical (unpaired) electrons. The van der Waals surface area contributed by atoms with Gasteiger partial charge in [-0.15, -0.1) is 0 Å². The first kappa shape index (κ1) is 17.8. The largest absolute Gasteiger partial charge is 0.286 e. The van der Waals surface area contributed by atoms with Crippen molar-refractivity contribution in [1.29, 1.82) is 0 Å². The van der Waals surface area contributed by atoms with Crippen LogP contribution in [0.2, 0.25) is 0 Å². The topological polar surface area (TPSA) is 54.4 Å². The molecule has 0 fully saturated rings. The van der Waals surface area contributed by atoms with Gasteiger partial charge in [-0.1, -0.05) is 44.9 Å². The standard InChI is InChI=1S/C12H24F2O3S/c13-12(14)10-8-6-4-2-1-3-5-7-9-11-18(15,16)17/h12H,1-11H2,(H,15,16,17). The average Bonchev–Trinajstić information content (AvgIpc) is 2.24. The van der Waals surface area contributed by atoms with Gasteiger partial charge in [-0.25, -0.2) is 8.78 Å². The van der Waals surface area contributed by atoms with Crippen LogP contribution in [0.1, 0.15) is 64.2 Å². The average molecular weight is 286 g/mol. The van der Waals surface area contributed by atoms with E-state index in [1.165, 1.54) is 0 Å². The number of unbranched alkanes of at least 4 members (excludes halogenated alkanes) is 8. The van der Waals surface area contributed by atoms with E-state index in [4.69, 9.17) is 4.55 Å². The van der Waals surface area contributed by atoms with Crippen molar-refractivity contribution >= 4 is 10.1 Å². The van der Waals surface area contributed by atoms with Crippen LogP contribution in [0, 0.1) is 0 Å². The van der Waals surface area contributed by atoms with Crippen molar-refractivity contribution in [3.63, 3.8) is 0 Å². The van der Waals surface area contributed by atoms with E-state index in [0.29, 0.717) is 12.8 Å². The fourth-order valence-corrected chi connectivity index (χ4v) is 2.39. The first-order valence-electron chi connectivity index (χ1n) is 6.65. The van der Waals surface area contributed by atoms with Crippen LogP contribution in [0.25, 0.3) is 0 Å². The highest BCUT2D eigenvalue weighted by Gasteiger charge is 2.03. The molecule has 3 nitrogen and oxygen atoms in total. The van der Waals surface area contributed by atoms with E-state index < -0.39 is 16.5 Å². The van der Waals surface area contributed by atoms with Gasteiger partial charge in [0.15, 0.2) is 0 Å². The number of halogens is 2. The first-order chi connectivity index (χ1) is 8.42. The number of hydrogen-bond acceptors (Lipinski definition) is 2. The summed E-state index contributed by atoms with van der Waals surface area (Å²) in [6.07, 6.45) is 5.76. The van der Waals surface area contributed by atoms with Crippen LogP contribution < -0.4 is 0 Å². The number of hydrogen-bond donors (Lipinski definition) is 1. The second-order valence-electron chi connectivity index (χ2n) is 4.65. The summed E-state index contributed by atoms with van der Waals surface area (Å²) in [5.41, 5.74) is 0. The molecule has 0 aromatic rings. The molecule has 0 spiro atoms. The zero-order chi connectivity index (χ0) is 13.9. The Morgan fingerprint density at radius 3 is 1.56 bits per heavy atom. The van der Waals surface area contributed by atoms with Gasteiger partial charge in [-0.3, -0.25) is 4.55 Å². The maximum atomic E-state index is 11.8. The Morgan fingerprint density at radius 1 is 0.778 bits per heavy atom. The lowest BCUT2D eigenvalue weighted by Gasteiger charge is -2.02. The quantitative estimate of drug-likeness (QED) is 0.435. The van der Waals surface area contributed by atoms with Crippen LogP contribution in [0.5, 0.6) is 0 Å². The van der Waals surface area contributed by atoms with E-state index in [1.807, 2.05) is 0 Å². The minimum absolute atomic E-state index is 0.00956. The smallest absolute Gasteiger partial charge is 0.264 e. The molecule has 0 bridgehead atoms. The minimum atomic E-state index is -3.80. The monoisotopic (exact) mass is 286 g/mol. The molecule has 0 saturated carbocycles. The molecule has 0 heterocycles. The highest BCUT2D eigenvalue weighted by Crippen LogP contribution is 2.12. The van der Waals surface area contributed by atoms with Crippen molar-refractivity contribution in [3.05, 3.63) is 0 Å². The Morgan fingerprint density at radius 2 is 1.17 bits per heavy atom. The van der Waals surface area contributed by atoms with Gasteiger partial charge in [0, 0.05) is 6.42 Å². The molecular formula is C12H24F2O3S. The third-order valence-electron chi connectivity index (χ3n) is 2.82. The van der Waals surface area contributed by atoms with E-state index >= 15 is 0 Å². The molecule has 6 heteroatoms. The summed E-state index contributed by atoms with van der Waals surface area (Å²) in [6.45, 7) is 0. The molecule has 1 N–H and O–H groups in total. The normalized spacial score (nSPS) is 12.2. The van der Waals surface area contributed by atoms with E-state index in [2.05, 4.69) is 0 Å². The van der Waals surface area contributed by atoms with E-state index in [-0.39, 0.29) is 12.2 Å². The van der Waals surface area contributed by atoms with Crippen LogP contribution in [-0.4, -0.2) is 25.1 Å². The van der Waals surface area contributed by atoms with Crippen LogP contribution in [0.15, 0.2) is 0 Å². The van der Waals surface area contributed by atoms with Gasteiger partial charge in [0.25, 0.3) is 10.1 Å². The van der Waals surface area contributed by atoms with Crippen LogP contribution in [0.4, 0.5) is 8.78 Å². The molecule has 0 amide bonds. The summed E-state index contributed by atoms with van der Waals surface area (Å²) < 4.78 is 52.9. The molecule has 0 unspecified atom stereocenters. The van der Waals surface area contributed by atoms with Crippen molar-refractivity contribution in [1.82, 2.24) is 0 Å². The van der Waals surface area contributed by atoms with Gasteiger partial charge < -0.3 is 0 Å². The van der Waals surface area contributed by atoms with Gasteiger partial charge in [-0.05, 0) is 12.8 Å². The summed E-state index contributed by atoms with van der Waals surface area (Å²) in [5, 5.41) is 0. The van der Waals surface area contributed by atoms with Crippen LogP contribution in [-0.2, 0) is 10.1 Å². The van der Waals surface area contributed by atoms with E-state index in [9.17, 15) is 17.2 Å². The van der Waals surface area contributed by atoms with Crippen molar-refractivity contribution in [3.8, 4) is 0 Å². The predicted octanol–water partition coefficient (Wildman–Crippen LogP) is 4.04. The molecule has 0 aromatic carbocycles. The molecule has 110 valence electrons. The Balaban J connectivity index is 3.08. The summed E-state index contributed by atoms with van der Waals surface area (Å²) in [6, 6.07) is 0. The summed E-state index contributed by atoms with van der Waals surface area (Å²) >= 11 is 0. The Bertz CT molecular complexity index is 279. The van der Waals surface area contributed by atoms with Gasteiger partial charge in [0.05, 0.1) is 5.75 Å². The molecule has 0 aromatic heterocycles. The fourth-order valence-electron chi connectivity index (χ4n) is 1.82. The highest BCUT2D eigenvalue weighted by molar-refractivity contribution is 7.85. The lowest BCUT2D eigenvalue weighted by atomic mass is 10.1. The van der Waals surface area contributed by atoms with Gasteiger partial charge in [0.2, 0.25) is 6.43 Å². The zero-order valence-corrected chi connectivity index (χ0v) is 11.6. The van der Waals surface area contributed by atoms with Gasteiger partial charge in [0.1, 0.15) is 0 Å². The molecule has 18 heavy (non-hydrogen) atoms. The summed E-state index contributed by atoms with van der Waals surface area (Å²) in [5.74, 6) is -0.152. The Labute approximate surface area is 109 Å². The lowest BCUT2D eigenvalue weighted by Crippen LogP contribution is -2.03. The predicted molar refractivity (Wildman–Crippen MR) is 68.6 cm³/mol. The maximum absolute atomic E-state index is 11.8. The van der Waals surface area contributed by atoms with Crippen molar-refractivity contribution in [2.24, 2.45) is 0 Å². The Kier molecular flexibility index (Phi) is 10.5. The van der Waals surface area contributed by atoms with Crippen LogP contribution in [0.3, 0.4) is 0 Å². The molecule has 0 rings (SSSR count). The van der Waals surface area contributed by atoms with E-state index in [0.717, 1.165) is 44.9 Å². The molecule has 0 atom stereocenters. The summed E-state index contributed by atoms with van der Waals surface area (Å²) in [7, 11) is -3.80. The van der Waals surface area contributed by atoms with Crippen molar-refractivity contribution in [2.45, 2.75) is 70.6 Å². The molecular weight excluding hydrogens is 262 g/mol. The zero-order valence-electron chi connectivity index (χ0n) is 10.8. The minimum Gasteiger partial charge on any atom is -0.286 e. The van der Waals surface area contributed by atoms with Crippen molar-refractivity contribution in [2.75, 3.05) is 5.75 Å². The Hall–Kier alpha value is -0.230. The third kappa shape index (κ3) is 15.8. The van der Waals surface area contributed by atoms with Crippen LogP contribution >= 0.6 is 0 Å². The van der Waals surface area contributed by atoms with Crippen molar-refractivity contribution < 1.29 is 21.8 Å². The third-order valence-corrected chi connectivity index (χ3v) is 3.63. The van der Waals surface area contributed by atoms with Gasteiger partial charge >= 0.3 is 0 Å². The number of rotatable bonds is 12. The molecule has 0 saturated heterocycles.